The Morgan fingerprint density at radius 3 is 2.39 bits per heavy atom. The van der Waals surface area contributed by atoms with Gasteiger partial charge >= 0.3 is 0 Å². The van der Waals surface area contributed by atoms with Crippen LogP contribution in [0.3, 0.4) is 0 Å². The number of Topliss-reactive ketones (excluding diaryl/α,β-unsaturated/α-hetero) is 1. The van der Waals surface area contributed by atoms with Gasteiger partial charge in [0.1, 0.15) is 0 Å². The zero-order chi connectivity index (χ0) is 16.8. The van der Waals surface area contributed by atoms with Crippen molar-refractivity contribution in [2.45, 2.75) is 6.04 Å². The lowest BCUT2D eigenvalue weighted by Crippen LogP contribution is -2.46. The third-order valence-corrected chi connectivity index (χ3v) is 5.24. The van der Waals surface area contributed by atoms with Crippen LogP contribution in [0.2, 0.25) is 0 Å². The molecule has 2 N–H and O–H groups in total. The molecule has 0 spiro atoms. The number of ketones is 2. The number of nitrogens with two attached hydrogens (primary N) is 1. The van der Waals surface area contributed by atoms with Crippen LogP contribution in [0.1, 0.15) is 5.56 Å². The van der Waals surface area contributed by atoms with Crippen LogP contribution < -0.4 is 5.73 Å². The minimum absolute atomic E-state index is 0.0160. The highest BCUT2D eigenvalue weighted by atomic mass is 32.2. The zero-order valence-corrected chi connectivity index (χ0v) is 13.3. The first kappa shape index (κ1) is 15.6. The molecular formula is C16H16N2O4S. The average molecular weight is 332 g/mol. The number of fused-ring (bicyclic) bond motifs is 1. The number of hydrogen-bond donors (Lipinski definition) is 1. The summed E-state index contributed by atoms with van der Waals surface area (Å²) in [6.07, 6.45) is 3.69. The zero-order valence-electron chi connectivity index (χ0n) is 12.5. The number of carbonyl (C=O) groups is 2. The first-order valence-electron chi connectivity index (χ1n) is 7.09. The van der Waals surface area contributed by atoms with E-state index in [1.165, 1.54) is 12.3 Å². The number of sulfonamides is 1. The topological polar surface area (TPSA) is 97.5 Å². The molecule has 6 nitrogen and oxygen atoms in total. The van der Waals surface area contributed by atoms with Crippen molar-refractivity contribution in [3.63, 3.8) is 0 Å². The number of allylic oxidation sites excluding steroid dienone is 1. The highest BCUT2D eigenvalue weighted by molar-refractivity contribution is 7.88. The van der Waals surface area contributed by atoms with Crippen LogP contribution in [0.15, 0.2) is 48.2 Å². The van der Waals surface area contributed by atoms with Crippen molar-refractivity contribution in [3.8, 4) is 0 Å². The highest BCUT2D eigenvalue weighted by Gasteiger charge is 2.49. The fourth-order valence-corrected chi connectivity index (χ4v) is 4.10. The second kappa shape index (κ2) is 5.43. The lowest BCUT2D eigenvalue weighted by atomic mass is 9.78. The van der Waals surface area contributed by atoms with Gasteiger partial charge in [-0.25, -0.2) is 8.42 Å². The number of benzene rings is 1. The molecule has 2 atom stereocenters. The minimum atomic E-state index is -3.60. The van der Waals surface area contributed by atoms with Gasteiger partial charge in [0, 0.05) is 12.7 Å². The van der Waals surface area contributed by atoms with E-state index in [1.54, 1.807) is 24.3 Å². The van der Waals surface area contributed by atoms with Crippen molar-refractivity contribution >= 4 is 27.2 Å². The van der Waals surface area contributed by atoms with E-state index in [9.17, 15) is 18.0 Å². The Hall–Kier alpha value is -2.25. The number of nitrogens with zero attached hydrogens (tertiary/aromatic N) is 1. The van der Waals surface area contributed by atoms with E-state index in [-0.39, 0.29) is 6.54 Å². The lowest BCUT2D eigenvalue weighted by molar-refractivity contribution is -0.136. The fraction of sp³-hybridized carbons (Fsp3) is 0.250. The van der Waals surface area contributed by atoms with Gasteiger partial charge < -0.3 is 5.73 Å². The van der Waals surface area contributed by atoms with E-state index in [0.29, 0.717) is 16.7 Å². The van der Waals surface area contributed by atoms with Crippen molar-refractivity contribution in [2.75, 3.05) is 12.8 Å². The number of hydrogen-bond acceptors (Lipinski definition) is 5. The molecule has 2 aliphatic rings. The third-order valence-electron chi connectivity index (χ3n) is 4.14. The normalized spacial score (nSPS) is 24.3. The maximum atomic E-state index is 12.4. The van der Waals surface area contributed by atoms with Gasteiger partial charge in [0.2, 0.25) is 21.6 Å². The van der Waals surface area contributed by atoms with E-state index >= 15 is 0 Å². The molecule has 0 amide bonds. The molecule has 1 heterocycles. The largest absolute Gasteiger partial charge is 0.327 e. The summed E-state index contributed by atoms with van der Waals surface area (Å²) < 4.78 is 25.4. The molecule has 0 radical (unpaired) electrons. The van der Waals surface area contributed by atoms with Crippen LogP contribution in [0, 0.1) is 5.92 Å². The van der Waals surface area contributed by atoms with Crippen LogP contribution in [0.4, 0.5) is 0 Å². The van der Waals surface area contributed by atoms with Gasteiger partial charge in [0.05, 0.1) is 18.2 Å². The van der Waals surface area contributed by atoms with E-state index < -0.39 is 33.5 Å². The monoisotopic (exact) mass is 332 g/mol. The van der Waals surface area contributed by atoms with Crippen LogP contribution in [-0.4, -0.2) is 43.1 Å². The standard InChI is InChI=1S/C16H16N2O4S/c1-23(21,22)18-9-12(10-5-3-2-4-6-10)14-15(18)11(8-17)7-13(19)16(14)20/h2-7,9,14-15H,8,17H2,1H3. The van der Waals surface area contributed by atoms with Crippen molar-refractivity contribution < 1.29 is 18.0 Å². The van der Waals surface area contributed by atoms with E-state index in [0.717, 1.165) is 10.6 Å². The average Bonchev–Trinajstić information content (AvgIpc) is 2.92. The molecule has 0 saturated carbocycles. The molecule has 1 aliphatic carbocycles. The summed E-state index contributed by atoms with van der Waals surface area (Å²) in [4.78, 5) is 24.4. The van der Waals surface area contributed by atoms with Gasteiger partial charge in [-0.1, -0.05) is 30.3 Å². The van der Waals surface area contributed by atoms with Crippen molar-refractivity contribution in [3.05, 3.63) is 53.7 Å². The van der Waals surface area contributed by atoms with E-state index in [2.05, 4.69) is 0 Å². The molecule has 0 saturated heterocycles. The predicted molar refractivity (Wildman–Crippen MR) is 85.5 cm³/mol. The maximum Gasteiger partial charge on any atom is 0.232 e. The molecule has 0 bridgehead atoms. The Labute approximate surface area is 134 Å². The van der Waals surface area contributed by atoms with Crippen LogP contribution >= 0.6 is 0 Å². The summed E-state index contributed by atoms with van der Waals surface area (Å²) in [7, 11) is -3.60. The predicted octanol–water partition coefficient (Wildman–Crippen LogP) is 0.324. The Morgan fingerprint density at radius 2 is 1.83 bits per heavy atom. The molecule has 0 aromatic heterocycles. The molecule has 23 heavy (non-hydrogen) atoms. The quantitative estimate of drug-likeness (QED) is 0.804. The Bertz CT molecular complexity index is 840. The van der Waals surface area contributed by atoms with Crippen LogP contribution in [-0.2, 0) is 19.6 Å². The van der Waals surface area contributed by atoms with Crippen molar-refractivity contribution in [1.82, 2.24) is 4.31 Å². The molecule has 3 rings (SSSR count). The molecular weight excluding hydrogens is 316 g/mol. The van der Waals surface area contributed by atoms with Crippen LogP contribution in [0.25, 0.3) is 5.57 Å². The summed E-state index contributed by atoms with van der Waals surface area (Å²) in [6.45, 7) is 0.0160. The smallest absolute Gasteiger partial charge is 0.232 e. The Balaban J connectivity index is 2.21. The summed E-state index contributed by atoms with van der Waals surface area (Å²) in [6, 6.07) is 8.23. The van der Waals surface area contributed by atoms with Gasteiger partial charge in [0.15, 0.2) is 0 Å². The van der Waals surface area contributed by atoms with Gasteiger partial charge in [-0.3, -0.25) is 13.9 Å². The molecule has 2 unspecified atom stereocenters. The molecule has 7 heteroatoms. The van der Waals surface area contributed by atoms with E-state index in [4.69, 9.17) is 5.73 Å². The highest BCUT2D eigenvalue weighted by Crippen LogP contribution is 2.42. The van der Waals surface area contributed by atoms with Gasteiger partial charge in [-0.05, 0) is 22.8 Å². The third kappa shape index (κ3) is 2.51. The van der Waals surface area contributed by atoms with Crippen molar-refractivity contribution in [2.24, 2.45) is 11.7 Å². The number of carbonyl (C=O) groups excluding carboxylic acids is 2. The van der Waals surface area contributed by atoms with Gasteiger partial charge in [-0.15, -0.1) is 0 Å². The molecule has 1 aliphatic heterocycles. The maximum absolute atomic E-state index is 12.4. The van der Waals surface area contributed by atoms with Gasteiger partial charge in [-0.2, -0.15) is 0 Å². The summed E-state index contributed by atoms with van der Waals surface area (Å²) in [5.41, 5.74) is 7.37. The van der Waals surface area contributed by atoms with Crippen LogP contribution in [0.5, 0.6) is 0 Å². The minimum Gasteiger partial charge on any atom is -0.327 e. The Kier molecular flexibility index (Phi) is 3.69. The summed E-state index contributed by atoms with van der Waals surface area (Å²) >= 11 is 0. The lowest BCUT2D eigenvalue weighted by Gasteiger charge is -2.31. The summed E-state index contributed by atoms with van der Waals surface area (Å²) in [5.74, 6) is -2.08. The molecule has 1 aromatic carbocycles. The van der Waals surface area contributed by atoms with Crippen molar-refractivity contribution in [1.29, 1.82) is 0 Å². The molecule has 120 valence electrons. The second-order valence-electron chi connectivity index (χ2n) is 5.62. The fourth-order valence-electron chi connectivity index (χ4n) is 3.12. The van der Waals surface area contributed by atoms with E-state index in [1.807, 2.05) is 6.07 Å². The second-order valence-corrected chi connectivity index (χ2v) is 7.51. The SMILES string of the molecule is CS(=O)(=O)N1C=C(c2ccccc2)C2C(=O)C(=O)C=C(CN)C21. The summed E-state index contributed by atoms with van der Waals surface area (Å²) in [5, 5.41) is 0. The van der Waals surface area contributed by atoms with Gasteiger partial charge in [0.25, 0.3) is 0 Å². The molecule has 0 fully saturated rings. The Morgan fingerprint density at radius 1 is 1.17 bits per heavy atom. The number of rotatable bonds is 3. The molecule has 1 aromatic rings. The first-order chi connectivity index (χ1) is 10.8. The first-order valence-corrected chi connectivity index (χ1v) is 8.93.